The van der Waals surface area contributed by atoms with Gasteiger partial charge in [0.05, 0.1) is 16.8 Å². The van der Waals surface area contributed by atoms with E-state index in [0.717, 1.165) is 15.2 Å². The highest BCUT2D eigenvalue weighted by molar-refractivity contribution is 7.99. The minimum Gasteiger partial charge on any atom is -0.284 e. The van der Waals surface area contributed by atoms with Gasteiger partial charge in [0.2, 0.25) is 5.91 Å². The molecule has 4 rings (SSSR count). The number of thiazole rings is 1. The summed E-state index contributed by atoms with van der Waals surface area (Å²) in [5.41, 5.74) is 1.73. The molecule has 0 saturated carbocycles. The summed E-state index contributed by atoms with van der Waals surface area (Å²) in [5.74, 6) is 0.401. The quantitative estimate of drug-likeness (QED) is 0.335. The zero-order valence-electron chi connectivity index (χ0n) is 15.6. The molecule has 29 heavy (non-hydrogen) atoms. The average Bonchev–Trinajstić information content (AvgIpc) is 3.16. The van der Waals surface area contributed by atoms with Gasteiger partial charge in [0, 0.05) is 17.1 Å². The third-order valence-electron chi connectivity index (χ3n) is 4.38. The second-order valence-corrected chi connectivity index (χ2v) is 8.66. The monoisotopic (exact) mass is 422 g/mol. The van der Waals surface area contributed by atoms with E-state index in [9.17, 15) is 9.18 Å². The highest BCUT2D eigenvalue weighted by Crippen LogP contribution is 2.31. The van der Waals surface area contributed by atoms with Crippen LogP contribution < -0.4 is 4.90 Å². The molecule has 3 aromatic carbocycles. The SMILES string of the molecule is O=C(CCSc1ccccc1)N(Cc1ccccc1)c1nc2ccc(F)cc2s1. The van der Waals surface area contributed by atoms with Crippen molar-refractivity contribution in [3.8, 4) is 0 Å². The largest absolute Gasteiger partial charge is 0.284 e. The Bertz CT molecular complexity index is 1100. The number of halogens is 1. The summed E-state index contributed by atoms with van der Waals surface area (Å²) in [4.78, 5) is 20.5. The van der Waals surface area contributed by atoms with E-state index in [1.54, 1.807) is 22.7 Å². The average molecular weight is 423 g/mol. The Balaban J connectivity index is 1.54. The highest BCUT2D eigenvalue weighted by atomic mass is 32.2. The van der Waals surface area contributed by atoms with E-state index in [1.165, 1.54) is 23.5 Å². The van der Waals surface area contributed by atoms with Crippen LogP contribution in [0.2, 0.25) is 0 Å². The number of carbonyl (C=O) groups is 1. The fourth-order valence-corrected chi connectivity index (χ4v) is 4.81. The van der Waals surface area contributed by atoms with Gasteiger partial charge >= 0.3 is 0 Å². The maximum absolute atomic E-state index is 13.6. The van der Waals surface area contributed by atoms with Gasteiger partial charge in [-0.3, -0.25) is 9.69 Å². The topological polar surface area (TPSA) is 33.2 Å². The van der Waals surface area contributed by atoms with E-state index in [1.807, 2.05) is 60.7 Å². The number of anilines is 1. The Morgan fingerprint density at radius 1 is 1.00 bits per heavy atom. The molecule has 0 aliphatic rings. The van der Waals surface area contributed by atoms with Crippen LogP contribution in [-0.4, -0.2) is 16.6 Å². The first kappa shape index (κ1) is 19.6. The number of nitrogens with zero attached hydrogens (tertiary/aromatic N) is 2. The first-order valence-corrected chi connectivity index (χ1v) is 11.1. The number of hydrogen-bond acceptors (Lipinski definition) is 4. The number of aromatic nitrogens is 1. The van der Waals surface area contributed by atoms with Crippen molar-refractivity contribution in [2.75, 3.05) is 10.7 Å². The first-order chi connectivity index (χ1) is 14.2. The van der Waals surface area contributed by atoms with Crippen molar-refractivity contribution < 1.29 is 9.18 Å². The number of amides is 1. The lowest BCUT2D eigenvalue weighted by atomic mass is 10.2. The van der Waals surface area contributed by atoms with Gasteiger partial charge in [0.25, 0.3) is 0 Å². The lowest BCUT2D eigenvalue weighted by molar-refractivity contribution is -0.118. The van der Waals surface area contributed by atoms with Crippen LogP contribution in [0, 0.1) is 5.82 Å². The van der Waals surface area contributed by atoms with Crippen molar-refractivity contribution in [1.29, 1.82) is 0 Å². The molecule has 0 spiro atoms. The normalized spacial score (nSPS) is 10.9. The molecular formula is C23H19FN2OS2. The number of fused-ring (bicyclic) bond motifs is 1. The maximum atomic E-state index is 13.6. The second kappa shape index (κ2) is 9.20. The molecule has 0 bridgehead atoms. The number of hydrogen-bond donors (Lipinski definition) is 0. The third kappa shape index (κ3) is 5.02. The minimum atomic E-state index is -0.298. The Kier molecular flexibility index (Phi) is 6.22. The van der Waals surface area contributed by atoms with E-state index in [4.69, 9.17) is 0 Å². The van der Waals surface area contributed by atoms with Crippen molar-refractivity contribution >= 4 is 44.4 Å². The summed E-state index contributed by atoms with van der Waals surface area (Å²) in [7, 11) is 0. The summed E-state index contributed by atoms with van der Waals surface area (Å²) >= 11 is 3.00. The van der Waals surface area contributed by atoms with Crippen molar-refractivity contribution in [2.45, 2.75) is 17.9 Å². The standard InChI is InChI=1S/C23H19FN2OS2/c24-18-11-12-20-21(15-18)29-23(25-20)26(16-17-7-3-1-4-8-17)22(27)13-14-28-19-9-5-2-6-10-19/h1-12,15H,13-14,16H2. The molecule has 0 radical (unpaired) electrons. The molecule has 0 aliphatic carbocycles. The molecule has 0 N–H and O–H groups in total. The molecule has 3 nitrogen and oxygen atoms in total. The van der Waals surface area contributed by atoms with Gasteiger partial charge in [0.1, 0.15) is 5.82 Å². The van der Waals surface area contributed by atoms with E-state index in [2.05, 4.69) is 4.98 Å². The molecule has 0 saturated heterocycles. The number of benzene rings is 3. The molecule has 4 aromatic rings. The molecule has 1 heterocycles. The van der Waals surface area contributed by atoms with Gasteiger partial charge in [-0.2, -0.15) is 0 Å². The van der Waals surface area contributed by atoms with Crippen LogP contribution >= 0.6 is 23.1 Å². The Morgan fingerprint density at radius 2 is 1.72 bits per heavy atom. The van der Waals surface area contributed by atoms with Gasteiger partial charge in [-0.05, 0) is 35.9 Å². The van der Waals surface area contributed by atoms with Crippen LogP contribution in [0.5, 0.6) is 0 Å². The highest BCUT2D eigenvalue weighted by Gasteiger charge is 2.20. The molecule has 0 unspecified atom stereocenters. The van der Waals surface area contributed by atoms with Crippen molar-refractivity contribution in [3.63, 3.8) is 0 Å². The molecule has 1 aromatic heterocycles. The van der Waals surface area contributed by atoms with Crippen molar-refractivity contribution in [2.24, 2.45) is 0 Å². The number of carbonyl (C=O) groups excluding carboxylic acids is 1. The molecule has 146 valence electrons. The maximum Gasteiger partial charge on any atom is 0.229 e. The van der Waals surface area contributed by atoms with Crippen LogP contribution in [0.25, 0.3) is 10.2 Å². The van der Waals surface area contributed by atoms with E-state index in [-0.39, 0.29) is 11.7 Å². The number of rotatable bonds is 7. The van der Waals surface area contributed by atoms with Gasteiger partial charge in [-0.1, -0.05) is 59.9 Å². The van der Waals surface area contributed by atoms with Crippen LogP contribution in [0.1, 0.15) is 12.0 Å². The molecular weight excluding hydrogens is 403 g/mol. The van der Waals surface area contributed by atoms with Crippen LogP contribution in [0.15, 0.2) is 83.8 Å². The molecule has 0 atom stereocenters. The smallest absolute Gasteiger partial charge is 0.229 e. The summed E-state index contributed by atoms with van der Waals surface area (Å²) in [5, 5.41) is 0.601. The van der Waals surface area contributed by atoms with Gasteiger partial charge in [0.15, 0.2) is 5.13 Å². The molecule has 6 heteroatoms. The van der Waals surface area contributed by atoms with Crippen molar-refractivity contribution in [3.05, 3.63) is 90.2 Å². The summed E-state index contributed by atoms with van der Waals surface area (Å²) in [6.07, 6.45) is 0.399. The van der Waals surface area contributed by atoms with E-state index < -0.39 is 0 Å². The van der Waals surface area contributed by atoms with Gasteiger partial charge in [-0.15, -0.1) is 11.8 Å². The van der Waals surface area contributed by atoms with Crippen LogP contribution in [0.3, 0.4) is 0 Å². The summed E-state index contributed by atoms with van der Waals surface area (Å²) < 4.78 is 14.3. The predicted molar refractivity (Wildman–Crippen MR) is 119 cm³/mol. The van der Waals surface area contributed by atoms with Gasteiger partial charge in [-0.25, -0.2) is 9.37 Å². The van der Waals surface area contributed by atoms with E-state index in [0.29, 0.717) is 29.4 Å². The lowest BCUT2D eigenvalue weighted by Gasteiger charge is -2.20. The zero-order chi connectivity index (χ0) is 20.1. The predicted octanol–water partition coefficient (Wildman–Crippen LogP) is 6.15. The Labute approximate surface area is 177 Å². The van der Waals surface area contributed by atoms with Crippen molar-refractivity contribution in [1.82, 2.24) is 4.98 Å². The summed E-state index contributed by atoms with van der Waals surface area (Å²) in [6, 6.07) is 24.4. The van der Waals surface area contributed by atoms with Crippen LogP contribution in [0.4, 0.5) is 9.52 Å². The Hall–Kier alpha value is -2.70. The third-order valence-corrected chi connectivity index (χ3v) is 6.44. The fourth-order valence-electron chi connectivity index (χ4n) is 2.94. The summed E-state index contributed by atoms with van der Waals surface area (Å²) in [6.45, 7) is 0.442. The zero-order valence-corrected chi connectivity index (χ0v) is 17.3. The number of thioether (sulfide) groups is 1. The molecule has 1 amide bonds. The van der Waals surface area contributed by atoms with E-state index >= 15 is 0 Å². The second-order valence-electron chi connectivity index (χ2n) is 6.49. The molecule has 0 fully saturated rings. The van der Waals surface area contributed by atoms with Gasteiger partial charge < -0.3 is 0 Å². The Morgan fingerprint density at radius 3 is 2.48 bits per heavy atom. The molecule has 0 aliphatic heterocycles. The fraction of sp³-hybridized carbons (Fsp3) is 0.130. The first-order valence-electron chi connectivity index (χ1n) is 9.27. The van der Waals surface area contributed by atoms with Crippen LogP contribution in [-0.2, 0) is 11.3 Å². The minimum absolute atomic E-state index is 0.0109. The lowest BCUT2D eigenvalue weighted by Crippen LogP contribution is -2.30.